The molecule has 0 aliphatic carbocycles. The van der Waals surface area contributed by atoms with Crippen molar-refractivity contribution in [3.63, 3.8) is 0 Å². The zero-order valence-electron chi connectivity index (χ0n) is 7.14. The lowest BCUT2D eigenvalue weighted by atomic mass is 9.78. The average Bonchev–Trinajstić information content (AvgIpc) is 2.72. The summed E-state index contributed by atoms with van der Waals surface area (Å²) in [7, 11) is 0. The smallest absolute Gasteiger partial charge is 0.0815 e. The Balaban J connectivity index is 1.84. The number of hydrogen-bond acceptors (Lipinski definition) is 2. The van der Waals surface area contributed by atoms with Crippen LogP contribution in [-0.2, 0) is 9.47 Å². The maximum absolute atomic E-state index is 5.33. The molecule has 0 amide bonds. The van der Waals surface area contributed by atoms with E-state index >= 15 is 0 Å². The molecule has 0 N–H and O–H groups in total. The molecule has 2 aliphatic heterocycles. The van der Waals surface area contributed by atoms with Gasteiger partial charge >= 0.3 is 0 Å². The van der Waals surface area contributed by atoms with E-state index in [0.29, 0.717) is 11.5 Å². The van der Waals surface area contributed by atoms with Gasteiger partial charge in [0.2, 0.25) is 0 Å². The van der Waals surface area contributed by atoms with Gasteiger partial charge in [0.25, 0.3) is 0 Å². The zero-order valence-corrected chi connectivity index (χ0v) is 7.14. The Morgan fingerprint density at radius 1 is 1.36 bits per heavy atom. The summed E-state index contributed by atoms with van der Waals surface area (Å²) in [5.74, 6) is 0. The van der Waals surface area contributed by atoms with Crippen molar-refractivity contribution in [2.45, 2.75) is 32.3 Å². The van der Waals surface area contributed by atoms with Crippen molar-refractivity contribution < 1.29 is 9.47 Å². The summed E-state index contributed by atoms with van der Waals surface area (Å²) in [6.45, 7) is 5.25. The standard InChI is InChI=1S/C9H16O2/c1-9(6-8-7-11-8)2-4-10-5-3-9/h8H,2-7H2,1H3. The summed E-state index contributed by atoms with van der Waals surface area (Å²) in [5.41, 5.74) is 0.513. The van der Waals surface area contributed by atoms with Crippen molar-refractivity contribution in [3.8, 4) is 0 Å². The lowest BCUT2D eigenvalue weighted by Gasteiger charge is -2.32. The maximum atomic E-state index is 5.33. The third kappa shape index (κ3) is 1.94. The van der Waals surface area contributed by atoms with Gasteiger partial charge in [-0.2, -0.15) is 0 Å². The second-order valence-electron chi connectivity index (χ2n) is 4.08. The molecule has 0 aromatic carbocycles. The zero-order chi connectivity index (χ0) is 7.73. The van der Waals surface area contributed by atoms with Gasteiger partial charge in [-0.15, -0.1) is 0 Å². The van der Waals surface area contributed by atoms with Crippen LogP contribution in [0.5, 0.6) is 0 Å². The van der Waals surface area contributed by atoms with E-state index in [-0.39, 0.29) is 0 Å². The van der Waals surface area contributed by atoms with Gasteiger partial charge in [-0.25, -0.2) is 0 Å². The van der Waals surface area contributed by atoms with Gasteiger partial charge < -0.3 is 9.47 Å². The quantitative estimate of drug-likeness (QED) is 0.566. The highest BCUT2D eigenvalue weighted by atomic mass is 16.6. The first-order chi connectivity index (χ1) is 5.29. The van der Waals surface area contributed by atoms with Crippen molar-refractivity contribution in [3.05, 3.63) is 0 Å². The highest BCUT2D eigenvalue weighted by Crippen LogP contribution is 2.37. The second-order valence-corrected chi connectivity index (χ2v) is 4.08. The van der Waals surface area contributed by atoms with Crippen LogP contribution >= 0.6 is 0 Å². The molecule has 2 aliphatic rings. The van der Waals surface area contributed by atoms with Gasteiger partial charge in [-0.3, -0.25) is 0 Å². The molecular formula is C9H16O2. The van der Waals surface area contributed by atoms with Gasteiger partial charge in [-0.05, 0) is 24.7 Å². The van der Waals surface area contributed by atoms with Gasteiger partial charge in [-0.1, -0.05) is 6.92 Å². The first kappa shape index (κ1) is 7.56. The number of hydrogen-bond donors (Lipinski definition) is 0. The molecule has 2 heteroatoms. The molecule has 0 saturated carbocycles. The predicted octanol–water partition coefficient (Wildman–Crippen LogP) is 1.59. The van der Waals surface area contributed by atoms with Crippen molar-refractivity contribution in [2.24, 2.45) is 5.41 Å². The number of rotatable bonds is 2. The van der Waals surface area contributed by atoms with Gasteiger partial charge in [0.1, 0.15) is 0 Å². The van der Waals surface area contributed by atoms with Crippen LogP contribution in [0, 0.1) is 5.41 Å². The Morgan fingerprint density at radius 2 is 2.00 bits per heavy atom. The fourth-order valence-corrected chi connectivity index (χ4v) is 1.80. The van der Waals surface area contributed by atoms with E-state index < -0.39 is 0 Å². The second kappa shape index (κ2) is 2.76. The molecule has 2 fully saturated rings. The monoisotopic (exact) mass is 156 g/mol. The Bertz CT molecular complexity index is 134. The van der Waals surface area contributed by atoms with Crippen molar-refractivity contribution >= 4 is 0 Å². The summed E-state index contributed by atoms with van der Waals surface area (Å²) in [4.78, 5) is 0. The summed E-state index contributed by atoms with van der Waals surface area (Å²) in [6, 6.07) is 0. The third-order valence-corrected chi connectivity index (χ3v) is 2.82. The molecule has 2 rings (SSSR count). The van der Waals surface area contributed by atoms with E-state index in [1.165, 1.54) is 19.3 Å². The topological polar surface area (TPSA) is 21.8 Å². The molecule has 11 heavy (non-hydrogen) atoms. The highest BCUT2D eigenvalue weighted by Gasteiger charge is 2.35. The molecule has 1 unspecified atom stereocenters. The maximum Gasteiger partial charge on any atom is 0.0815 e. The van der Waals surface area contributed by atoms with Crippen LogP contribution in [0.2, 0.25) is 0 Å². The number of ether oxygens (including phenoxy) is 2. The highest BCUT2D eigenvalue weighted by molar-refractivity contribution is 4.84. The molecule has 2 saturated heterocycles. The van der Waals surface area contributed by atoms with Crippen molar-refractivity contribution in [2.75, 3.05) is 19.8 Å². The Morgan fingerprint density at radius 3 is 2.55 bits per heavy atom. The van der Waals surface area contributed by atoms with Gasteiger partial charge in [0.15, 0.2) is 0 Å². The minimum Gasteiger partial charge on any atom is -0.381 e. The molecule has 2 nitrogen and oxygen atoms in total. The van der Waals surface area contributed by atoms with Crippen LogP contribution in [0.4, 0.5) is 0 Å². The first-order valence-electron chi connectivity index (χ1n) is 4.48. The molecule has 2 heterocycles. The van der Waals surface area contributed by atoms with Crippen LogP contribution in [0.15, 0.2) is 0 Å². The number of epoxide rings is 1. The summed E-state index contributed by atoms with van der Waals surface area (Å²) < 4.78 is 10.6. The molecule has 0 spiro atoms. The minimum absolute atomic E-state index is 0.513. The first-order valence-corrected chi connectivity index (χ1v) is 4.48. The molecule has 0 radical (unpaired) electrons. The SMILES string of the molecule is CC1(CC2CO2)CCOCC1. The van der Waals surface area contributed by atoms with Gasteiger partial charge in [0, 0.05) is 13.2 Å². The molecule has 0 aromatic heterocycles. The molecule has 0 aromatic rings. The van der Waals surface area contributed by atoms with Crippen LogP contribution in [-0.4, -0.2) is 25.9 Å². The molecule has 0 bridgehead atoms. The van der Waals surface area contributed by atoms with Crippen LogP contribution in [0.3, 0.4) is 0 Å². The predicted molar refractivity (Wildman–Crippen MR) is 42.5 cm³/mol. The lowest BCUT2D eigenvalue weighted by Crippen LogP contribution is -2.27. The van der Waals surface area contributed by atoms with E-state index in [2.05, 4.69) is 6.92 Å². The summed E-state index contributed by atoms with van der Waals surface area (Å²) in [6.07, 6.45) is 4.26. The normalized spacial score (nSPS) is 35.2. The van der Waals surface area contributed by atoms with E-state index in [0.717, 1.165) is 19.8 Å². The fraction of sp³-hybridized carbons (Fsp3) is 1.00. The third-order valence-electron chi connectivity index (χ3n) is 2.82. The van der Waals surface area contributed by atoms with E-state index in [1.54, 1.807) is 0 Å². The average molecular weight is 156 g/mol. The van der Waals surface area contributed by atoms with Crippen LogP contribution in [0.25, 0.3) is 0 Å². The fourth-order valence-electron chi connectivity index (χ4n) is 1.80. The van der Waals surface area contributed by atoms with Crippen molar-refractivity contribution in [1.29, 1.82) is 0 Å². The molecule has 1 atom stereocenters. The molecule has 64 valence electrons. The van der Waals surface area contributed by atoms with E-state index in [9.17, 15) is 0 Å². The largest absolute Gasteiger partial charge is 0.381 e. The summed E-state index contributed by atoms with van der Waals surface area (Å²) >= 11 is 0. The molecular weight excluding hydrogens is 140 g/mol. The summed E-state index contributed by atoms with van der Waals surface area (Å²) in [5, 5.41) is 0. The van der Waals surface area contributed by atoms with Crippen LogP contribution < -0.4 is 0 Å². The lowest BCUT2D eigenvalue weighted by molar-refractivity contribution is 0.0164. The van der Waals surface area contributed by atoms with E-state index in [4.69, 9.17) is 9.47 Å². The Hall–Kier alpha value is -0.0800. The van der Waals surface area contributed by atoms with Gasteiger partial charge in [0.05, 0.1) is 12.7 Å². The Kier molecular flexibility index (Phi) is 1.90. The van der Waals surface area contributed by atoms with E-state index in [1.807, 2.05) is 0 Å². The minimum atomic E-state index is 0.513. The Labute approximate surface area is 67.9 Å². The van der Waals surface area contributed by atoms with Crippen LogP contribution in [0.1, 0.15) is 26.2 Å². The van der Waals surface area contributed by atoms with Crippen molar-refractivity contribution in [1.82, 2.24) is 0 Å².